The maximum atomic E-state index is 6.01. The van der Waals surface area contributed by atoms with Crippen molar-refractivity contribution in [2.75, 3.05) is 6.54 Å². The van der Waals surface area contributed by atoms with Crippen LogP contribution in [0.1, 0.15) is 17.2 Å². The molecule has 0 bridgehead atoms. The first kappa shape index (κ1) is 14.6. The summed E-state index contributed by atoms with van der Waals surface area (Å²) in [6.45, 7) is 2.46. The minimum absolute atomic E-state index is 0.172. The molecule has 0 spiro atoms. The van der Waals surface area contributed by atoms with Crippen LogP contribution < -0.4 is 10.5 Å². The van der Waals surface area contributed by atoms with Gasteiger partial charge in [-0.25, -0.2) is 0 Å². The predicted molar refractivity (Wildman–Crippen MR) is 85.4 cm³/mol. The van der Waals surface area contributed by atoms with E-state index in [4.69, 9.17) is 10.5 Å². The van der Waals surface area contributed by atoms with Gasteiger partial charge in [0.1, 0.15) is 11.9 Å². The number of aryl methyl sites for hydroxylation is 1. The summed E-state index contributed by atoms with van der Waals surface area (Å²) < 4.78 is 7.97. The van der Waals surface area contributed by atoms with Crippen LogP contribution in [0.2, 0.25) is 0 Å². The molecule has 0 amide bonds. The molecule has 0 saturated carbocycles. The quantitative estimate of drug-likeness (QED) is 0.835. The minimum atomic E-state index is -0.172. The van der Waals surface area contributed by atoms with Crippen molar-refractivity contribution in [1.82, 2.24) is 0 Å². The molecule has 1 atom stereocenters. The average molecular weight is 385 g/mol. The lowest BCUT2D eigenvalue weighted by atomic mass is 10.1. The van der Waals surface area contributed by atoms with E-state index in [1.807, 2.05) is 49.4 Å². The third kappa shape index (κ3) is 3.59. The molecule has 2 N–H and O–H groups in total. The molecule has 19 heavy (non-hydrogen) atoms. The molecule has 2 aromatic carbocycles. The van der Waals surface area contributed by atoms with E-state index in [2.05, 4.69) is 31.9 Å². The summed E-state index contributed by atoms with van der Waals surface area (Å²) in [5.41, 5.74) is 8.08. The normalized spacial score (nSPS) is 12.2. The van der Waals surface area contributed by atoms with E-state index in [1.54, 1.807) is 0 Å². The fourth-order valence-corrected chi connectivity index (χ4v) is 2.96. The standard InChI is InChI=1S/C15H15Br2NO/c1-10-6-7-14(13(17)8-10)19-15(9-18)11-4-2-3-5-12(11)16/h2-8,15H,9,18H2,1H3. The molecule has 0 aliphatic carbocycles. The van der Waals surface area contributed by atoms with Crippen LogP contribution in [0.4, 0.5) is 0 Å². The van der Waals surface area contributed by atoms with Gasteiger partial charge in [-0.1, -0.05) is 40.2 Å². The Morgan fingerprint density at radius 3 is 2.47 bits per heavy atom. The number of ether oxygens (including phenoxy) is 1. The van der Waals surface area contributed by atoms with Crippen molar-refractivity contribution in [1.29, 1.82) is 0 Å². The zero-order chi connectivity index (χ0) is 13.8. The van der Waals surface area contributed by atoms with Gasteiger partial charge in [-0.05, 0) is 46.6 Å². The summed E-state index contributed by atoms with van der Waals surface area (Å²) in [6.07, 6.45) is -0.172. The van der Waals surface area contributed by atoms with E-state index in [9.17, 15) is 0 Å². The summed E-state index contributed by atoms with van der Waals surface area (Å²) in [5, 5.41) is 0. The molecule has 2 aromatic rings. The molecule has 2 rings (SSSR count). The van der Waals surface area contributed by atoms with E-state index < -0.39 is 0 Å². The average Bonchev–Trinajstić information content (AvgIpc) is 2.39. The Hall–Kier alpha value is -0.840. The Balaban J connectivity index is 2.27. The molecule has 1 unspecified atom stereocenters. The zero-order valence-corrected chi connectivity index (χ0v) is 13.7. The Morgan fingerprint density at radius 1 is 1.11 bits per heavy atom. The van der Waals surface area contributed by atoms with Gasteiger partial charge in [-0.15, -0.1) is 0 Å². The number of halogens is 2. The third-order valence-corrected chi connectivity index (χ3v) is 4.16. The molecule has 0 aliphatic rings. The monoisotopic (exact) mass is 383 g/mol. The lowest BCUT2D eigenvalue weighted by Crippen LogP contribution is -2.19. The Kier molecular flexibility index (Phi) is 5.02. The number of rotatable bonds is 4. The van der Waals surface area contributed by atoms with E-state index in [-0.39, 0.29) is 6.10 Å². The fraction of sp³-hybridized carbons (Fsp3) is 0.200. The maximum absolute atomic E-state index is 6.01. The number of nitrogens with two attached hydrogens (primary N) is 1. The predicted octanol–water partition coefficient (Wildman–Crippen LogP) is 4.60. The molecule has 0 aliphatic heterocycles. The molecule has 2 nitrogen and oxygen atoms in total. The summed E-state index contributed by atoms with van der Waals surface area (Å²) in [4.78, 5) is 0. The molecular formula is C15H15Br2NO. The van der Waals surface area contributed by atoms with Crippen molar-refractivity contribution in [2.24, 2.45) is 5.73 Å². The van der Waals surface area contributed by atoms with Crippen LogP contribution in [-0.4, -0.2) is 6.54 Å². The first-order valence-electron chi connectivity index (χ1n) is 5.99. The summed E-state index contributed by atoms with van der Waals surface area (Å²) in [7, 11) is 0. The van der Waals surface area contributed by atoms with Gasteiger partial charge in [-0.2, -0.15) is 0 Å². The summed E-state index contributed by atoms with van der Waals surface area (Å²) in [5.74, 6) is 0.803. The maximum Gasteiger partial charge on any atom is 0.137 e. The number of hydrogen-bond acceptors (Lipinski definition) is 2. The highest BCUT2D eigenvalue weighted by Crippen LogP contribution is 2.32. The second-order valence-electron chi connectivity index (χ2n) is 4.30. The van der Waals surface area contributed by atoms with E-state index in [0.29, 0.717) is 6.54 Å². The van der Waals surface area contributed by atoms with Crippen molar-refractivity contribution < 1.29 is 4.74 Å². The topological polar surface area (TPSA) is 35.2 Å². The fourth-order valence-electron chi connectivity index (χ4n) is 1.83. The van der Waals surface area contributed by atoms with Crippen molar-refractivity contribution in [2.45, 2.75) is 13.0 Å². The van der Waals surface area contributed by atoms with Crippen LogP contribution >= 0.6 is 31.9 Å². The number of hydrogen-bond donors (Lipinski definition) is 1. The van der Waals surface area contributed by atoms with Gasteiger partial charge >= 0.3 is 0 Å². The van der Waals surface area contributed by atoms with Crippen LogP contribution in [0.25, 0.3) is 0 Å². The van der Waals surface area contributed by atoms with Crippen LogP contribution in [0, 0.1) is 6.92 Å². The van der Waals surface area contributed by atoms with E-state index in [1.165, 1.54) is 5.56 Å². The van der Waals surface area contributed by atoms with Crippen LogP contribution in [-0.2, 0) is 0 Å². The molecule has 0 radical (unpaired) electrons. The molecule has 0 aromatic heterocycles. The highest BCUT2D eigenvalue weighted by atomic mass is 79.9. The SMILES string of the molecule is Cc1ccc(OC(CN)c2ccccc2Br)c(Br)c1. The van der Waals surface area contributed by atoms with Gasteiger partial charge in [0, 0.05) is 16.6 Å². The Morgan fingerprint density at radius 2 is 1.84 bits per heavy atom. The summed E-state index contributed by atoms with van der Waals surface area (Å²) in [6, 6.07) is 14.0. The van der Waals surface area contributed by atoms with Crippen LogP contribution in [0.3, 0.4) is 0 Å². The highest BCUT2D eigenvalue weighted by molar-refractivity contribution is 9.10. The highest BCUT2D eigenvalue weighted by Gasteiger charge is 2.15. The zero-order valence-electron chi connectivity index (χ0n) is 10.6. The second-order valence-corrected chi connectivity index (χ2v) is 6.01. The third-order valence-electron chi connectivity index (χ3n) is 2.82. The van der Waals surface area contributed by atoms with E-state index >= 15 is 0 Å². The smallest absolute Gasteiger partial charge is 0.137 e. The largest absolute Gasteiger partial charge is 0.483 e. The van der Waals surface area contributed by atoms with E-state index in [0.717, 1.165) is 20.3 Å². The molecule has 4 heteroatoms. The van der Waals surface area contributed by atoms with Gasteiger partial charge in [0.25, 0.3) is 0 Å². The van der Waals surface area contributed by atoms with Crippen LogP contribution in [0.5, 0.6) is 5.75 Å². The molecular weight excluding hydrogens is 370 g/mol. The first-order chi connectivity index (χ1) is 9.11. The number of benzene rings is 2. The molecule has 100 valence electrons. The second kappa shape index (κ2) is 6.55. The van der Waals surface area contributed by atoms with Crippen molar-refractivity contribution in [3.8, 4) is 5.75 Å². The molecule has 0 heterocycles. The van der Waals surface area contributed by atoms with Gasteiger partial charge < -0.3 is 10.5 Å². The first-order valence-corrected chi connectivity index (χ1v) is 7.57. The lowest BCUT2D eigenvalue weighted by molar-refractivity contribution is 0.212. The minimum Gasteiger partial charge on any atom is -0.483 e. The van der Waals surface area contributed by atoms with Crippen molar-refractivity contribution >= 4 is 31.9 Å². The van der Waals surface area contributed by atoms with Gasteiger partial charge in [0.15, 0.2) is 0 Å². The van der Waals surface area contributed by atoms with Crippen molar-refractivity contribution in [3.05, 3.63) is 62.5 Å². The lowest BCUT2D eigenvalue weighted by Gasteiger charge is -2.20. The molecule has 0 fully saturated rings. The van der Waals surface area contributed by atoms with Crippen molar-refractivity contribution in [3.63, 3.8) is 0 Å². The Labute approximate surface area is 130 Å². The van der Waals surface area contributed by atoms with Crippen LogP contribution in [0.15, 0.2) is 51.4 Å². The van der Waals surface area contributed by atoms with Gasteiger partial charge in [0.05, 0.1) is 4.47 Å². The molecule has 0 saturated heterocycles. The Bertz CT molecular complexity index is 572. The van der Waals surface area contributed by atoms with Gasteiger partial charge in [-0.3, -0.25) is 0 Å². The summed E-state index contributed by atoms with van der Waals surface area (Å²) >= 11 is 7.05. The van der Waals surface area contributed by atoms with Gasteiger partial charge in [0.2, 0.25) is 0 Å².